The summed E-state index contributed by atoms with van der Waals surface area (Å²) < 4.78 is 10.6. The number of fused-ring (bicyclic) bond motifs is 1. The predicted octanol–water partition coefficient (Wildman–Crippen LogP) is 4.15. The Labute approximate surface area is 178 Å². The monoisotopic (exact) mass is 423 g/mol. The molecule has 7 nitrogen and oxygen atoms in total. The van der Waals surface area contributed by atoms with E-state index in [0.717, 1.165) is 29.7 Å². The molecule has 2 aromatic heterocycles. The van der Waals surface area contributed by atoms with Crippen molar-refractivity contribution in [2.24, 2.45) is 0 Å². The first-order chi connectivity index (χ1) is 14.6. The number of thiophene rings is 1. The van der Waals surface area contributed by atoms with Gasteiger partial charge in [-0.25, -0.2) is 0 Å². The average Bonchev–Trinajstić information content (AvgIpc) is 3.35. The van der Waals surface area contributed by atoms with Crippen LogP contribution < -0.4 is 20.1 Å². The zero-order chi connectivity index (χ0) is 21.1. The summed E-state index contributed by atoms with van der Waals surface area (Å²) in [6.07, 6.45) is 5.85. The molecule has 0 bridgehead atoms. The van der Waals surface area contributed by atoms with Gasteiger partial charge in [-0.15, -0.1) is 11.3 Å². The third kappa shape index (κ3) is 3.86. The summed E-state index contributed by atoms with van der Waals surface area (Å²) in [5, 5.41) is 6.39. The second-order valence-electron chi connectivity index (χ2n) is 6.77. The molecule has 8 heteroatoms. The molecule has 0 spiro atoms. The molecule has 0 unspecified atom stereocenters. The van der Waals surface area contributed by atoms with E-state index >= 15 is 0 Å². The summed E-state index contributed by atoms with van der Waals surface area (Å²) >= 11 is 1.46. The SMILES string of the molecule is COc1ccc(OC)c(NC(=O)c2c(NC(=O)c3ccncc3)sc3c2CCC3)c1. The normalized spacial score (nSPS) is 12.2. The molecule has 0 atom stereocenters. The zero-order valence-corrected chi connectivity index (χ0v) is 17.5. The largest absolute Gasteiger partial charge is 0.497 e. The molecule has 0 saturated carbocycles. The summed E-state index contributed by atoms with van der Waals surface area (Å²) in [4.78, 5) is 31.0. The Morgan fingerprint density at radius 3 is 2.53 bits per heavy atom. The lowest BCUT2D eigenvalue weighted by Crippen LogP contribution is -2.18. The zero-order valence-electron chi connectivity index (χ0n) is 16.7. The molecule has 1 aliphatic carbocycles. The van der Waals surface area contributed by atoms with Crippen LogP contribution in [0.15, 0.2) is 42.7 Å². The molecule has 0 saturated heterocycles. The maximum absolute atomic E-state index is 13.3. The minimum absolute atomic E-state index is 0.273. The van der Waals surface area contributed by atoms with E-state index in [-0.39, 0.29) is 11.8 Å². The topological polar surface area (TPSA) is 89.5 Å². The summed E-state index contributed by atoms with van der Waals surface area (Å²) in [7, 11) is 3.10. The molecule has 2 N–H and O–H groups in total. The number of benzene rings is 1. The van der Waals surface area contributed by atoms with Gasteiger partial charge in [-0.3, -0.25) is 14.6 Å². The number of aromatic nitrogens is 1. The quantitative estimate of drug-likeness (QED) is 0.622. The van der Waals surface area contributed by atoms with Crippen LogP contribution in [0.1, 0.15) is 37.6 Å². The van der Waals surface area contributed by atoms with Gasteiger partial charge in [0, 0.05) is 28.9 Å². The van der Waals surface area contributed by atoms with Gasteiger partial charge in [0.15, 0.2) is 0 Å². The van der Waals surface area contributed by atoms with Crippen molar-refractivity contribution in [1.29, 1.82) is 0 Å². The number of rotatable bonds is 6. The van der Waals surface area contributed by atoms with Crippen LogP contribution >= 0.6 is 11.3 Å². The van der Waals surface area contributed by atoms with Gasteiger partial charge in [0.1, 0.15) is 16.5 Å². The predicted molar refractivity (Wildman–Crippen MR) is 116 cm³/mol. The summed E-state index contributed by atoms with van der Waals surface area (Å²) in [6, 6.07) is 8.48. The number of aryl methyl sites for hydroxylation is 1. The number of hydrogen-bond donors (Lipinski definition) is 2. The van der Waals surface area contributed by atoms with Gasteiger partial charge < -0.3 is 20.1 Å². The Morgan fingerprint density at radius 2 is 1.80 bits per heavy atom. The van der Waals surface area contributed by atoms with Crippen molar-refractivity contribution >= 4 is 33.8 Å². The molecule has 1 aliphatic rings. The maximum Gasteiger partial charge on any atom is 0.259 e. The standard InChI is InChI=1S/C22H21N3O4S/c1-28-14-6-7-17(29-2)16(12-14)24-21(27)19-15-4-3-5-18(15)30-22(19)25-20(26)13-8-10-23-11-9-13/h6-12H,3-5H2,1-2H3,(H,24,27)(H,25,26). The molecule has 3 aromatic rings. The molecular formula is C22H21N3O4S. The third-order valence-electron chi connectivity index (χ3n) is 4.97. The Hall–Kier alpha value is -3.39. The third-order valence-corrected chi connectivity index (χ3v) is 6.18. The van der Waals surface area contributed by atoms with Crippen LogP contribution in [-0.2, 0) is 12.8 Å². The molecule has 1 aromatic carbocycles. The number of pyridine rings is 1. The molecule has 0 aliphatic heterocycles. The molecule has 2 heterocycles. The smallest absolute Gasteiger partial charge is 0.259 e. The van der Waals surface area contributed by atoms with E-state index in [2.05, 4.69) is 15.6 Å². The average molecular weight is 423 g/mol. The first-order valence-electron chi connectivity index (χ1n) is 9.50. The summed E-state index contributed by atoms with van der Waals surface area (Å²) in [5.74, 6) is 0.572. The van der Waals surface area contributed by atoms with E-state index < -0.39 is 0 Å². The van der Waals surface area contributed by atoms with Crippen molar-refractivity contribution in [1.82, 2.24) is 4.98 Å². The number of carbonyl (C=O) groups excluding carboxylic acids is 2. The number of anilines is 2. The van der Waals surface area contributed by atoms with Gasteiger partial charge >= 0.3 is 0 Å². The second kappa shape index (κ2) is 8.54. The van der Waals surface area contributed by atoms with E-state index in [9.17, 15) is 9.59 Å². The number of nitrogens with one attached hydrogen (secondary N) is 2. The summed E-state index contributed by atoms with van der Waals surface area (Å²) in [5.41, 5.74) is 2.51. The number of amides is 2. The first kappa shape index (κ1) is 19.9. The highest BCUT2D eigenvalue weighted by molar-refractivity contribution is 7.17. The lowest BCUT2D eigenvalue weighted by atomic mass is 10.1. The fourth-order valence-corrected chi connectivity index (χ4v) is 4.79. The van der Waals surface area contributed by atoms with E-state index in [0.29, 0.717) is 33.3 Å². The Bertz CT molecular complexity index is 1100. The van der Waals surface area contributed by atoms with E-state index in [1.54, 1.807) is 56.9 Å². The number of ether oxygens (including phenoxy) is 2. The fourth-order valence-electron chi connectivity index (χ4n) is 3.51. The van der Waals surface area contributed by atoms with Crippen molar-refractivity contribution in [3.63, 3.8) is 0 Å². The van der Waals surface area contributed by atoms with Gasteiger partial charge in [-0.05, 0) is 49.1 Å². The van der Waals surface area contributed by atoms with Crippen LogP contribution in [0.5, 0.6) is 11.5 Å². The lowest BCUT2D eigenvalue weighted by molar-refractivity contribution is 0.102. The van der Waals surface area contributed by atoms with Gasteiger partial charge in [-0.2, -0.15) is 0 Å². The van der Waals surface area contributed by atoms with Crippen molar-refractivity contribution < 1.29 is 19.1 Å². The second-order valence-corrected chi connectivity index (χ2v) is 7.88. The van der Waals surface area contributed by atoms with Gasteiger partial charge in [0.25, 0.3) is 11.8 Å². The number of methoxy groups -OCH3 is 2. The van der Waals surface area contributed by atoms with E-state index in [1.165, 1.54) is 11.3 Å². The summed E-state index contributed by atoms with van der Waals surface area (Å²) in [6.45, 7) is 0. The maximum atomic E-state index is 13.3. The van der Waals surface area contributed by atoms with Gasteiger partial charge in [0.2, 0.25) is 0 Å². The van der Waals surface area contributed by atoms with Crippen molar-refractivity contribution in [3.05, 3.63) is 64.3 Å². The van der Waals surface area contributed by atoms with Crippen molar-refractivity contribution in [2.75, 3.05) is 24.9 Å². The van der Waals surface area contributed by atoms with E-state index in [1.807, 2.05) is 0 Å². The van der Waals surface area contributed by atoms with Gasteiger partial charge in [-0.1, -0.05) is 0 Å². The van der Waals surface area contributed by atoms with Crippen LogP contribution in [-0.4, -0.2) is 31.0 Å². The van der Waals surface area contributed by atoms with Crippen LogP contribution in [0.4, 0.5) is 10.7 Å². The molecule has 30 heavy (non-hydrogen) atoms. The molecular weight excluding hydrogens is 402 g/mol. The minimum Gasteiger partial charge on any atom is -0.497 e. The molecule has 0 fully saturated rings. The first-order valence-corrected chi connectivity index (χ1v) is 10.3. The highest BCUT2D eigenvalue weighted by Crippen LogP contribution is 2.40. The van der Waals surface area contributed by atoms with Crippen LogP contribution in [0.3, 0.4) is 0 Å². The van der Waals surface area contributed by atoms with E-state index in [4.69, 9.17) is 9.47 Å². The minimum atomic E-state index is -0.286. The molecule has 4 rings (SSSR count). The Balaban J connectivity index is 1.65. The highest BCUT2D eigenvalue weighted by Gasteiger charge is 2.28. The molecule has 0 radical (unpaired) electrons. The Kier molecular flexibility index (Phi) is 5.67. The number of carbonyl (C=O) groups is 2. The van der Waals surface area contributed by atoms with Crippen molar-refractivity contribution in [2.45, 2.75) is 19.3 Å². The fraction of sp³-hybridized carbons (Fsp3) is 0.227. The van der Waals surface area contributed by atoms with Crippen molar-refractivity contribution in [3.8, 4) is 11.5 Å². The Morgan fingerprint density at radius 1 is 1.00 bits per heavy atom. The molecule has 154 valence electrons. The molecule has 2 amide bonds. The van der Waals surface area contributed by atoms with Crippen LogP contribution in [0.2, 0.25) is 0 Å². The van der Waals surface area contributed by atoms with Crippen LogP contribution in [0, 0.1) is 0 Å². The highest BCUT2D eigenvalue weighted by atomic mass is 32.1. The lowest BCUT2D eigenvalue weighted by Gasteiger charge is -2.13. The van der Waals surface area contributed by atoms with Crippen LogP contribution in [0.25, 0.3) is 0 Å². The number of hydrogen-bond acceptors (Lipinski definition) is 6. The van der Waals surface area contributed by atoms with Gasteiger partial charge in [0.05, 0.1) is 25.5 Å². The number of nitrogens with zero attached hydrogens (tertiary/aromatic N) is 1.